The van der Waals surface area contributed by atoms with Crippen molar-refractivity contribution in [2.75, 3.05) is 17.4 Å². The SMILES string of the molecule is CCCNC(=O)[C@@H](C)N(Cc1ccccc1C)C(=O)CN(c1ccc(C)c(Cl)c1)S(=O)(=O)c1ccccc1. The number of amides is 2. The van der Waals surface area contributed by atoms with E-state index in [4.69, 9.17) is 11.6 Å². The van der Waals surface area contributed by atoms with Crippen molar-refractivity contribution in [1.29, 1.82) is 0 Å². The van der Waals surface area contributed by atoms with Gasteiger partial charge in [0, 0.05) is 18.1 Å². The highest BCUT2D eigenvalue weighted by molar-refractivity contribution is 7.92. The summed E-state index contributed by atoms with van der Waals surface area (Å²) in [5.41, 5.74) is 2.87. The van der Waals surface area contributed by atoms with Gasteiger partial charge in [0.15, 0.2) is 0 Å². The minimum Gasteiger partial charge on any atom is -0.354 e. The molecule has 0 aromatic heterocycles. The minimum atomic E-state index is -4.13. The molecule has 0 heterocycles. The van der Waals surface area contributed by atoms with E-state index in [9.17, 15) is 18.0 Å². The first-order valence-corrected chi connectivity index (χ1v) is 14.3. The highest BCUT2D eigenvalue weighted by atomic mass is 35.5. The van der Waals surface area contributed by atoms with Crippen LogP contribution < -0.4 is 9.62 Å². The molecule has 0 saturated carbocycles. The highest BCUT2D eigenvalue weighted by Crippen LogP contribution is 2.28. The molecule has 0 saturated heterocycles. The van der Waals surface area contributed by atoms with Gasteiger partial charge in [-0.15, -0.1) is 0 Å². The Morgan fingerprint density at radius 1 is 0.947 bits per heavy atom. The zero-order valence-corrected chi connectivity index (χ0v) is 23.7. The monoisotopic (exact) mass is 555 g/mol. The second kappa shape index (κ2) is 12.9. The lowest BCUT2D eigenvalue weighted by molar-refractivity contribution is -0.139. The molecule has 7 nitrogen and oxygen atoms in total. The van der Waals surface area contributed by atoms with E-state index in [0.29, 0.717) is 11.6 Å². The molecule has 0 bridgehead atoms. The second-order valence-electron chi connectivity index (χ2n) is 9.17. The molecule has 0 aliphatic carbocycles. The fourth-order valence-electron chi connectivity index (χ4n) is 3.93. The third kappa shape index (κ3) is 6.94. The van der Waals surface area contributed by atoms with Gasteiger partial charge >= 0.3 is 0 Å². The van der Waals surface area contributed by atoms with Crippen LogP contribution in [0.25, 0.3) is 0 Å². The molecule has 3 rings (SSSR count). The molecule has 1 N–H and O–H groups in total. The number of hydrogen-bond donors (Lipinski definition) is 1. The summed E-state index contributed by atoms with van der Waals surface area (Å²) in [7, 11) is -4.13. The molecule has 1 atom stereocenters. The predicted molar refractivity (Wildman–Crippen MR) is 152 cm³/mol. The van der Waals surface area contributed by atoms with Crippen molar-refractivity contribution in [1.82, 2.24) is 10.2 Å². The average Bonchev–Trinajstić information content (AvgIpc) is 2.91. The summed E-state index contributed by atoms with van der Waals surface area (Å²) < 4.78 is 28.6. The van der Waals surface area contributed by atoms with Gasteiger partial charge in [0.1, 0.15) is 12.6 Å². The summed E-state index contributed by atoms with van der Waals surface area (Å²) in [5, 5.41) is 3.22. The van der Waals surface area contributed by atoms with Crippen LogP contribution in [0.1, 0.15) is 37.0 Å². The first-order chi connectivity index (χ1) is 18.1. The zero-order valence-electron chi connectivity index (χ0n) is 22.1. The predicted octanol–water partition coefficient (Wildman–Crippen LogP) is 5.10. The molecule has 0 fully saturated rings. The Morgan fingerprint density at radius 3 is 2.24 bits per heavy atom. The Balaban J connectivity index is 2.04. The number of nitrogens with zero attached hydrogens (tertiary/aromatic N) is 2. The van der Waals surface area contributed by atoms with E-state index in [0.717, 1.165) is 27.4 Å². The third-order valence-corrected chi connectivity index (χ3v) is 8.57. The second-order valence-corrected chi connectivity index (χ2v) is 11.4. The van der Waals surface area contributed by atoms with Crippen molar-refractivity contribution in [3.63, 3.8) is 0 Å². The van der Waals surface area contributed by atoms with Crippen molar-refractivity contribution < 1.29 is 18.0 Å². The van der Waals surface area contributed by atoms with Crippen LogP contribution in [0.2, 0.25) is 5.02 Å². The Bertz CT molecular complexity index is 1380. The van der Waals surface area contributed by atoms with Crippen LogP contribution in [-0.2, 0) is 26.2 Å². The summed E-state index contributed by atoms with van der Waals surface area (Å²) in [6.45, 7) is 7.47. The molecule has 3 aromatic carbocycles. The molecule has 9 heteroatoms. The molecule has 0 unspecified atom stereocenters. The van der Waals surface area contributed by atoms with Gasteiger partial charge in [-0.1, -0.05) is 67.1 Å². The molecular formula is C29H34ClN3O4S. The number of halogens is 1. The van der Waals surface area contributed by atoms with E-state index in [1.165, 1.54) is 23.1 Å². The summed E-state index contributed by atoms with van der Waals surface area (Å²) in [6, 6.07) is 19.6. The topological polar surface area (TPSA) is 86.8 Å². The van der Waals surface area contributed by atoms with Gasteiger partial charge in [0.05, 0.1) is 10.6 Å². The lowest BCUT2D eigenvalue weighted by Gasteiger charge is -2.32. The van der Waals surface area contributed by atoms with Gasteiger partial charge in [-0.3, -0.25) is 13.9 Å². The van der Waals surface area contributed by atoms with Crippen LogP contribution in [0.4, 0.5) is 5.69 Å². The number of hydrogen-bond acceptors (Lipinski definition) is 4. The van der Waals surface area contributed by atoms with Gasteiger partial charge in [-0.2, -0.15) is 0 Å². The third-order valence-electron chi connectivity index (χ3n) is 6.37. The van der Waals surface area contributed by atoms with E-state index in [-0.39, 0.29) is 23.0 Å². The van der Waals surface area contributed by atoms with E-state index in [1.807, 2.05) is 45.0 Å². The Morgan fingerprint density at radius 2 is 1.61 bits per heavy atom. The van der Waals surface area contributed by atoms with Gasteiger partial charge in [-0.25, -0.2) is 8.42 Å². The number of nitrogens with one attached hydrogen (secondary N) is 1. The first-order valence-electron chi connectivity index (χ1n) is 12.5. The maximum atomic E-state index is 13.9. The number of aryl methyl sites for hydroxylation is 2. The minimum absolute atomic E-state index is 0.0451. The molecule has 3 aromatic rings. The van der Waals surface area contributed by atoms with Crippen LogP contribution in [0.15, 0.2) is 77.7 Å². The summed E-state index contributed by atoms with van der Waals surface area (Å²) in [4.78, 5) is 28.3. The largest absolute Gasteiger partial charge is 0.354 e. The smallest absolute Gasteiger partial charge is 0.264 e. The quantitative estimate of drug-likeness (QED) is 0.357. The van der Waals surface area contributed by atoms with Crippen molar-refractivity contribution in [3.05, 3.63) is 94.5 Å². The molecule has 0 spiro atoms. The Hall–Kier alpha value is -3.36. The Labute approximate surface area is 230 Å². The number of rotatable bonds is 11. The number of benzene rings is 3. The zero-order chi connectivity index (χ0) is 27.9. The summed E-state index contributed by atoms with van der Waals surface area (Å²) >= 11 is 6.35. The highest BCUT2D eigenvalue weighted by Gasteiger charge is 2.32. The van der Waals surface area contributed by atoms with Crippen molar-refractivity contribution in [2.24, 2.45) is 0 Å². The van der Waals surface area contributed by atoms with Crippen LogP contribution in [0.3, 0.4) is 0 Å². The normalized spacial score (nSPS) is 12.0. The fourth-order valence-corrected chi connectivity index (χ4v) is 5.54. The van der Waals surface area contributed by atoms with E-state index < -0.39 is 28.5 Å². The first kappa shape index (κ1) is 29.2. The molecule has 2 amide bonds. The maximum absolute atomic E-state index is 13.9. The van der Waals surface area contributed by atoms with Crippen LogP contribution in [0.5, 0.6) is 0 Å². The molecule has 202 valence electrons. The molecular weight excluding hydrogens is 522 g/mol. The van der Waals surface area contributed by atoms with Gasteiger partial charge in [-0.05, 0) is 68.1 Å². The summed E-state index contributed by atoms with van der Waals surface area (Å²) in [6.07, 6.45) is 0.751. The Kier molecular flexibility index (Phi) is 9.94. The van der Waals surface area contributed by atoms with E-state index >= 15 is 0 Å². The van der Waals surface area contributed by atoms with E-state index in [2.05, 4.69) is 5.32 Å². The van der Waals surface area contributed by atoms with Gasteiger partial charge < -0.3 is 10.2 Å². The van der Waals surface area contributed by atoms with Crippen LogP contribution in [-0.4, -0.2) is 44.3 Å². The number of carbonyl (C=O) groups is 2. The van der Waals surface area contributed by atoms with Crippen molar-refractivity contribution in [3.8, 4) is 0 Å². The lowest BCUT2D eigenvalue weighted by atomic mass is 10.1. The number of carbonyl (C=O) groups excluding carboxylic acids is 2. The van der Waals surface area contributed by atoms with E-state index in [1.54, 1.807) is 37.3 Å². The number of sulfonamides is 1. The van der Waals surface area contributed by atoms with Gasteiger partial charge in [0.25, 0.3) is 10.0 Å². The van der Waals surface area contributed by atoms with Gasteiger partial charge in [0.2, 0.25) is 11.8 Å². The average molecular weight is 556 g/mol. The molecule has 0 aliphatic rings. The molecule has 0 radical (unpaired) electrons. The summed E-state index contributed by atoms with van der Waals surface area (Å²) in [5.74, 6) is -0.812. The fraction of sp³-hybridized carbons (Fsp3) is 0.310. The van der Waals surface area contributed by atoms with Crippen LogP contribution in [0, 0.1) is 13.8 Å². The maximum Gasteiger partial charge on any atom is 0.264 e. The number of anilines is 1. The van der Waals surface area contributed by atoms with Crippen molar-refractivity contribution in [2.45, 2.75) is 51.6 Å². The lowest BCUT2D eigenvalue weighted by Crippen LogP contribution is -2.51. The van der Waals surface area contributed by atoms with Crippen LogP contribution >= 0.6 is 11.6 Å². The van der Waals surface area contributed by atoms with Crippen molar-refractivity contribution >= 4 is 39.1 Å². The molecule has 0 aliphatic heterocycles. The standard InChI is InChI=1S/C29H34ClN3O4S/c1-5-17-31-29(35)23(4)32(19-24-12-10-9-11-21(24)2)28(34)20-33(25-16-15-22(3)27(30)18-25)38(36,37)26-13-7-6-8-14-26/h6-16,18,23H,5,17,19-20H2,1-4H3,(H,31,35)/t23-/m1/s1. The molecule has 38 heavy (non-hydrogen) atoms.